The highest BCUT2D eigenvalue weighted by Crippen LogP contribution is 2.35. The van der Waals surface area contributed by atoms with Gasteiger partial charge in [0.2, 0.25) is 5.91 Å². The van der Waals surface area contributed by atoms with Crippen LogP contribution in [0.15, 0.2) is 36.4 Å². The van der Waals surface area contributed by atoms with Crippen molar-refractivity contribution in [3.63, 3.8) is 0 Å². The quantitative estimate of drug-likeness (QED) is 0.281. The summed E-state index contributed by atoms with van der Waals surface area (Å²) in [6, 6.07) is 12.3. The highest BCUT2D eigenvalue weighted by Gasteiger charge is 2.30. The number of benzene rings is 2. The average Bonchev–Trinajstić information content (AvgIpc) is 3.45. The number of aromatic nitrogens is 1. The molecule has 5 rings (SSSR count). The SMILES string of the molecule is CC(CC(=O)OCN1C(=O)Cc2cc(CCN3CCN(c4nsc5ccccc45)CC3)c(Cl)cc21)CC(C)(C)C. The Kier molecular flexibility index (Phi) is 8.69. The number of ether oxygens (including phenoxy) is 1. The van der Waals surface area contributed by atoms with Crippen molar-refractivity contribution in [3.05, 3.63) is 52.5 Å². The predicted octanol–water partition coefficient (Wildman–Crippen LogP) is 6.17. The van der Waals surface area contributed by atoms with Crippen LogP contribution in [-0.2, 0) is 27.2 Å². The van der Waals surface area contributed by atoms with Gasteiger partial charge in [0, 0.05) is 49.6 Å². The molecule has 2 aromatic carbocycles. The summed E-state index contributed by atoms with van der Waals surface area (Å²) < 4.78 is 11.4. The molecule has 0 aliphatic carbocycles. The molecule has 214 valence electrons. The van der Waals surface area contributed by atoms with Crippen LogP contribution in [0, 0.1) is 11.3 Å². The second kappa shape index (κ2) is 12.0. The maximum absolute atomic E-state index is 12.8. The number of amides is 1. The molecule has 1 amide bonds. The van der Waals surface area contributed by atoms with Crippen molar-refractivity contribution in [1.29, 1.82) is 0 Å². The summed E-state index contributed by atoms with van der Waals surface area (Å²) in [5.41, 5.74) is 2.90. The Morgan fingerprint density at radius 1 is 1.15 bits per heavy atom. The van der Waals surface area contributed by atoms with Crippen LogP contribution < -0.4 is 9.80 Å². The first kappa shape index (κ1) is 28.8. The smallest absolute Gasteiger partial charge is 0.307 e. The van der Waals surface area contributed by atoms with Crippen molar-refractivity contribution >= 4 is 56.6 Å². The Hall–Kier alpha value is -2.68. The molecule has 1 aromatic heterocycles. The molecule has 1 saturated heterocycles. The molecule has 1 unspecified atom stereocenters. The average molecular weight is 583 g/mol. The van der Waals surface area contributed by atoms with Gasteiger partial charge in [-0.2, -0.15) is 4.37 Å². The van der Waals surface area contributed by atoms with Gasteiger partial charge in [-0.3, -0.25) is 19.4 Å². The number of halogens is 1. The number of carbonyl (C=O) groups is 2. The Labute approximate surface area is 246 Å². The van der Waals surface area contributed by atoms with E-state index in [1.165, 1.54) is 10.1 Å². The van der Waals surface area contributed by atoms with Gasteiger partial charge in [-0.25, -0.2) is 0 Å². The molecular formula is C31H39ClN4O3S. The molecule has 3 heterocycles. The van der Waals surface area contributed by atoms with Crippen molar-refractivity contribution in [2.24, 2.45) is 11.3 Å². The third-order valence-corrected chi connectivity index (χ3v) is 8.91. The largest absolute Gasteiger partial charge is 0.444 e. The molecule has 7 nitrogen and oxygen atoms in total. The summed E-state index contributed by atoms with van der Waals surface area (Å²) in [6.07, 6.45) is 2.41. The van der Waals surface area contributed by atoms with E-state index in [1.807, 2.05) is 6.07 Å². The molecule has 40 heavy (non-hydrogen) atoms. The predicted molar refractivity (Wildman–Crippen MR) is 163 cm³/mol. The number of carbonyl (C=O) groups excluding carboxylic acids is 2. The van der Waals surface area contributed by atoms with Gasteiger partial charge in [-0.05, 0) is 65.0 Å². The van der Waals surface area contributed by atoms with Crippen molar-refractivity contribution in [3.8, 4) is 0 Å². The topological polar surface area (TPSA) is 66.0 Å². The van der Waals surface area contributed by atoms with Crippen LogP contribution in [-0.4, -0.2) is 60.6 Å². The lowest BCUT2D eigenvalue weighted by molar-refractivity contribution is -0.145. The van der Waals surface area contributed by atoms with Gasteiger partial charge in [0.15, 0.2) is 6.73 Å². The third-order valence-electron chi connectivity index (χ3n) is 7.74. The maximum Gasteiger partial charge on any atom is 0.307 e. The van der Waals surface area contributed by atoms with Crippen LogP contribution in [0.2, 0.25) is 5.02 Å². The van der Waals surface area contributed by atoms with E-state index in [0.717, 1.165) is 68.2 Å². The monoisotopic (exact) mass is 582 g/mol. The highest BCUT2D eigenvalue weighted by molar-refractivity contribution is 7.13. The van der Waals surface area contributed by atoms with Gasteiger partial charge >= 0.3 is 5.97 Å². The van der Waals surface area contributed by atoms with E-state index in [9.17, 15) is 9.59 Å². The zero-order chi connectivity index (χ0) is 28.4. The fourth-order valence-electron chi connectivity index (χ4n) is 5.94. The van der Waals surface area contributed by atoms with Gasteiger partial charge < -0.3 is 9.64 Å². The standard InChI is InChI=1S/C31H39ClN4O3S/c1-21(19-31(2,3)4)15-29(38)39-20-36-26-18-25(32)22(16-23(26)17-28(36)37)9-10-34-11-13-35(14-12-34)30-24-7-5-6-8-27(24)40-33-30/h5-8,16,18,21H,9-15,17,19-20H2,1-4H3. The first-order valence-electron chi connectivity index (χ1n) is 14.2. The first-order chi connectivity index (χ1) is 19.1. The normalized spacial score (nSPS) is 17.0. The Bertz CT molecular complexity index is 1380. The lowest BCUT2D eigenvalue weighted by Gasteiger charge is -2.35. The molecule has 0 N–H and O–H groups in total. The second-order valence-corrected chi connectivity index (χ2v) is 13.6. The summed E-state index contributed by atoms with van der Waals surface area (Å²) in [5.74, 6) is 0.982. The summed E-state index contributed by atoms with van der Waals surface area (Å²) in [4.78, 5) is 31.6. The fourth-order valence-corrected chi connectivity index (χ4v) is 6.99. The molecule has 9 heteroatoms. The lowest BCUT2D eigenvalue weighted by atomic mass is 9.84. The van der Waals surface area contributed by atoms with E-state index < -0.39 is 0 Å². The van der Waals surface area contributed by atoms with Crippen LogP contribution in [0.5, 0.6) is 0 Å². The number of rotatable bonds is 9. The van der Waals surface area contributed by atoms with E-state index in [0.29, 0.717) is 17.9 Å². The van der Waals surface area contributed by atoms with E-state index >= 15 is 0 Å². The Morgan fingerprint density at radius 2 is 1.90 bits per heavy atom. The van der Waals surface area contributed by atoms with Gasteiger partial charge in [0.25, 0.3) is 0 Å². The maximum atomic E-state index is 12.8. The summed E-state index contributed by atoms with van der Waals surface area (Å²) in [6.45, 7) is 13.2. The first-order valence-corrected chi connectivity index (χ1v) is 15.3. The lowest BCUT2D eigenvalue weighted by Crippen LogP contribution is -2.47. The molecule has 2 aliphatic rings. The molecule has 0 spiro atoms. The molecule has 0 radical (unpaired) electrons. The molecule has 1 atom stereocenters. The molecular weight excluding hydrogens is 544 g/mol. The van der Waals surface area contributed by atoms with Gasteiger partial charge in [-0.1, -0.05) is 57.5 Å². The van der Waals surface area contributed by atoms with E-state index in [-0.39, 0.29) is 29.9 Å². The van der Waals surface area contributed by atoms with Gasteiger partial charge in [0.1, 0.15) is 5.82 Å². The minimum absolute atomic E-state index is 0.0653. The zero-order valence-corrected chi connectivity index (χ0v) is 25.5. The van der Waals surface area contributed by atoms with Crippen LogP contribution in [0.4, 0.5) is 11.5 Å². The number of hydrogen-bond donors (Lipinski definition) is 0. The number of fused-ring (bicyclic) bond motifs is 2. The van der Waals surface area contributed by atoms with Crippen LogP contribution in [0.1, 0.15) is 51.7 Å². The molecule has 3 aromatic rings. The minimum atomic E-state index is -0.274. The molecule has 1 fully saturated rings. The summed E-state index contributed by atoms with van der Waals surface area (Å²) in [5, 5.41) is 1.88. The van der Waals surface area contributed by atoms with Crippen molar-refractivity contribution < 1.29 is 14.3 Å². The minimum Gasteiger partial charge on any atom is -0.444 e. The van der Waals surface area contributed by atoms with Crippen molar-refractivity contribution in [2.45, 2.75) is 53.4 Å². The molecule has 2 aliphatic heterocycles. The van der Waals surface area contributed by atoms with Crippen LogP contribution in [0.25, 0.3) is 10.1 Å². The van der Waals surface area contributed by atoms with E-state index in [1.54, 1.807) is 16.4 Å². The van der Waals surface area contributed by atoms with Gasteiger partial charge in [0.05, 0.1) is 16.8 Å². The number of hydrogen-bond acceptors (Lipinski definition) is 7. The molecule has 0 bridgehead atoms. The highest BCUT2D eigenvalue weighted by atomic mass is 35.5. The van der Waals surface area contributed by atoms with Gasteiger partial charge in [-0.15, -0.1) is 0 Å². The molecule has 0 saturated carbocycles. The second-order valence-electron chi connectivity index (χ2n) is 12.4. The van der Waals surface area contributed by atoms with Crippen LogP contribution >= 0.6 is 23.1 Å². The number of nitrogens with zero attached hydrogens (tertiary/aromatic N) is 4. The number of piperazine rings is 1. The summed E-state index contributed by atoms with van der Waals surface area (Å²) >= 11 is 8.26. The van der Waals surface area contributed by atoms with E-state index in [2.05, 4.69) is 67.8 Å². The van der Waals surface area contributed by atoms with Crippen molar-refractivity contribution in [1.82, 2.24) is 9.27 Å². The fraction of sp³-hybridized carbons (Fsp3) is 0.516. The summed E-state index contributed by atoms with van der Waals surface area (Å²) in [7, 11) is 0. The van der Waals surface area contributed by atoms with Crippen molar-refractivity contribution in [2.75, 3.05) is 49.3 Å². The Balaban J connectivity index is 1.13. The van der Waals surface area contributed by atoms with Crippen LogP contribution in [0.3, 0.4) is 0 Å². The zero-order valence-electron chi connectivity index (χ0n) is 23.9. The van der Waals surface area contributed by atoms with E-state index in [4.69, 9.17) is 20.7 Å². The number of anilines is 2. The third kappa shape index (κ3) is 6.78. The number of esters is 1. The Morgan fingerprint density at radius 3 is 2.65 bits per heavy atom.